The number of ether oxygens (including phenoxy) is 1. The second-order valence-electron chi connectivity index (χ2n) is 11.0. The predicted molar refractivity (Wildman–Crippen MR) is 130 cm³/mol. The Balaban J connectivity index is 1.50. The number of fused-ring (bicyclic) bond motifs is 1. The number of hydrogen-bond donors (Lipinski definition) is 2. The zero-order valence-electron chi connectivity index (χ0n) is 20.4. The highest BCUT2D eigenvalue weighted by Crippen LogP contribution is 2.60. The summed E-state index contributed by atoms with van der Waals surface area (Å²) in [6, 6.07) is 12.2. The Kier molecular flexibility index (Phi) is 5.53. The molecule has 1 aliphatic heterocycles. The Morgan fingerprint density at radius 3 is 2.50 bits per heavy atom. The predicted octanol–water partition coefficient (Wildman–Crippen LogP) is 6.46. The van der Waals surface area contributed by atoms with Gasteiger partial charge in [-0.05, 0) is 74.4 Å². The van der Waals surface area contributed by atoms with Gasteiger partial charge < -0.3 is 14.8 Å². The summed E-state index contributed by atoms with van der Waals surface area (Å²) in [4.78, 5) is 5.76. The first-order valence-electron chi connectivity index (χ1n) is 12.1. The average molecular weight is 469 g/mol. The normalized spacial score (nSPS) is 22.1. The average Bonchev–Trinajstić information content (AvgIpc) is 3.25. The minimum Gasteiger partial charge on any atom is -0.496 e. The van der Waals surface area contributed by atoms with Gasteiger partial charge in [0.25, 0.3) is 0 Å². The second kappa shape index (κ2) is 8.06. The molecular weight excluding hydrogens is 434 g/mol. The van der Waals surface area contributed by atoms with Gasteiger partial charge in [0, 0.05) is 48.1 Å². The highest BCUT2D eigenvalue weighted by atomic mass is 19.3. The maximum atomic E-state index is 13.9. The fourth-order valence-corrected chi connectivity index (χ4v) is 6.16. The van der Waals surface area contributed by atoms with E-state index in [1.165, 1.54) is 0 Å². The summed E-state index contributed by atoms with van der Waals surface area (Å²) in [5, 5.41) is 11.5. The minimum atomic E-state index is -2.53. The first kappa shape index (κ1) is 23.3. The van der Waals surface area contributed by atoms with Crippen molar-refractivity contribution < 1.29 is 18.6 Å². The first-order valence-corrected chi connectivity index (χ1v) is 12.1. The van der Waals surface area contributed by atoms with Crippen LogP contribution < -0.4 is 4.74 Å². The SMILES string of the molecule is COc1cc(C)c2[nH]ccc2c1CN1CCC2(CC1c1ccc(C(C)(C)O)cc1)CC(F)(F)C2. The van der Waals surface area contributed by atoms with E-state index in [-0.39, 0.29) is 24.3 Å². The molecule has 1 aromatic heterocycles. The Morgan fingerprint density at radius 2 is 1.88 bits per heavy atom. The smallest absolute Gasteiger partial charge is 0.249 e. The zero-order chi connectivity index (χ0) is 24.3. The van der Waals surface area contributed by atoms with Crippen LogP contribution >= 0.6 is 0 Å². The van der Waals surface area contributed by atoms with Crippen LogP contribution in [0, 0.1) is 12.3 Å². The molecule has 0 amide bonds. The molecule has 2 aromatic carbocycles. The Labute approximate surface area is 199 Å². The second-order valence-corrected chi connectivity index (χ2v) is 11.0. The number of likely N-dealkylation sites (tertiary alicyclic amines) is 1. The van der Waals surface area contributed by atoms with Gasteiger partial charge in [-0.15, -0.1) is 0 Å². The van der Waals surface area contributed by atoms with E-state index in [0.717, 1.165) is 58.3 Å². The van der Waals surface area contributed by atoms with E-state index in [9.17, 15) is 13.9 Å². The molecule has 5 rings (SSSR count). The number of piperidine rings is 1. The van der Waals surface area contributed by atoms with Crippen LogP contribution in [-0.2, 0) is 12.1 Å². The van der Waals surface area contributed by atoms with E-state index in [2.05, 4.69) is 41.1 Å². The van der Waals surface area contributed by atoms with Crippen LogP contribution in [0.15, 0.2) is 42.6 Å². The van der Waals surface area contributed by atoms with Gasteiger partial charge in [0.1, 0.15) is 5.75 Å². The van der Waals surface area contributed by atoms with Gasteiger partial charge in [0.2, 0.25) is 5.92 Å². The summed E-state index contributed by atoms with van der Waals surface area (Å²) in [7, 11) is 1.70. The van der Waals surface area contributed by atoms with Crippen LogP contribution in [0.4, 0.5) is 8.78 Å². The third-order valence-corrected chi connectivity index (χ3v) is 7.96. The van der Waals surface area contributed by atoms with Gasteiger partial charge in [0.05, 0.1) is 12.7 Å². The number of hydrogen-bond acceptors (Lipinski definition) is 3. The van der Waals surface area contributed by atoms with Crippen molar-refractivity contribution >= 4 is 10.9 Å². The molecule has 2 heterocycles. The van der Waals surface area contributed by atoms with Crippen molar-refractivity contribution in [1.82, 2.24) is 9.88 Å². The number of halogens is 2. The summed E-state index contributed by atoms with van der Waals surface area (Å²) in [5.41, 5.74) is 4.11. The van der Waals surface area contributed by atoms with Crippen LogP contribution in [0.3, 0.4) is 0 Å². The number of benzene rings is 2. The molecule has 1 saturated carbocycles. The lowest BCUT2D eigenvalue weighted by molar-refractivity contribution is -0.186. The van der Waals surface area contributed by atoms with Gasteiger partial charge in [-0.1, -0.05) is 24.3 Å². The maximum absolute atomic E-state index is 13.9. The number of alkyl halides is 2. The number of aromatic amines is 1. The lowest BCUT2D eigenvalue weighted by atomic mass is 9.59. The summed E-state index contributed by atoms with van der Waals surface area (Å²) >= 11 is 0. The molecular formula is C28H34F2N2O2. The van der Waals surface area contributed by atoms with Gasteiger partial charge in [-0.2, -0.15) is 0 Å². The van der Waals surface area contributed by atoms with Crippen LogP contribution in [-0.4, -0.2) is 34.6 Å². The fourth-order valence-electron chi connectivity index (χ4n) is 6.16. The number of rotatable bonds is 5. The molecule has 2 N–H and O–H groups in total. The number of nitrogens with zero attached hydrogens (tertiary/aromatic N) is 1. The largest absolute Gasteiger partial charge is 0.496 e. The molecule has 1 aliphatic carbocycles. The highest BCUT2D eigenvalue weighted by Gasteiger charge is 2.58. The molecule has 34 heavy (non-hydrogen) atoms. The fraction of sp³-hybridized carbons (Fsp3) is 0.500. The van der Waals surface area contributed by atoms with Crippen molar-refractivity contribution in [3.63, 3.8) is 0 Å². The molecule has 1 saturated heterocycles. The van der Waals surface area contributed by atoms with Crippen LogP contribution in [0.2, 0.25) is 0 Å². The number of H-pyrrole nitrogens is 1. The molecule has 4 nitrogen and oxygen atoms in total. The van der Waals surface area contributed by atoms with E-state index in [1.54, 1.807) is 21.0 Å². The van der Waals surface area contributed by atoms with Crippen molar-refractivity contribution in [2.75, 3.05) is 13.7 Å². The van der Waals surface area contributed by atoms with E-state index in [4.69, 9.17) is 4.74 Å². The first-order chi connectivity index (χ1) is 16.0. The highest BCUT2D eigenvalue weighted by molar-refractivity contribution is 5.88. The molecule has 182 valence electrons. The molecule has 1 unspecified atom stereocenters. The van der Waals surface area contributed by atoms with E-state index in [1.807, 2.05) is 18.3 Å². The molecule has 2 fully saturated rings. The molecule has 2 aliphatic rings. The Morgan fingerprint density at radius 1 is 1.18 bits per heavy atom. The lowest BCUT2D eigenvalue weighted by Gasteiger charge is -2.54. The van der Waals surface area contributed by atoms with Crippen LogP contribution in [0.25, 0.3) is 10.9 Å². The van der Waals surface area contributed by atoms with Crippen molar-refractivity contribution in [2.45, 2.75) is 70.6 Å². The topological polar surface area (TPSA) is 48.5 Å². The lowest BCUT2D eigenvalue weighted by Crippen LogP contribution is -2.53. The quantitative estimate of drug-likeness (QED) is 0.451. The molecule has 6 heteroatoms. The van der Waals surface area contributed by atoms with Crippen molar-refractivity contribution in [2.24, 2.45) is 5.41 Å². The molecule has 0 bridgehead atoms. The number of aliphatic hydroxyl groups is 1. The Hall–Kier alpha value is -2.44. The monoisotopic (exact) mass is 468 g/mol. The van der Waals surface area contributed by atoms with Crippen LogP contribution in [0.1, 0.15) is 67.8 Å². The minimum absolute atomic E-state index is 0.0119. The van der Waals surface area contributed by atoms with Crippen molar-refractivity contribution in [3.05, 3.63) is 64.8 Å². The number of aromatic nitrogens is 1. The zero-order valence-corrected chi connectivity index (χ0v) is 20.4. The number of methoxy groups -OCH3 is 1. The summed E-state index contributed by atoms with van der Waals surface area (Å²) in [5.74, 6) is -1.68. The third-order valence-electron chi connectivity index (χ3n) is 7.96. The number of nitrogens with one attached hydrogen (secondary N) is 1. The van der Waals surface area contributed by atoms with Crippen molar-refractivity contribution in [1.29, 1.82) is 0 Å². The van der Waals surface area contributed by atoms with Crippen molar-refractivity contribution in [3.8, 4) is 5.75 Å². The molecule has 1 atom stereocenters. The van der Waals surface area contributed by atoms with E-state index in [0.29, 0.717) is 6.54 Å². The molecule has 0 radical (unpaired) electrons. The summed E-state index contributed by atoms with van der Waals surface area (Å²) in [6.45, 7) is 7.05. The van der Waals surface area contributed by atoms with E-state index < -0.39 is 11.5 Å². The van der Waals surface area contributed by atoms with E-state index >= 15 is 0 Å². The molecule has 3 aromatic rings. The standard InChI is InChI=1S/C28H34F2N2O2/c1-18-13-24(34-4)22(21-9-11-31-25(18)21)15-32-12-10-27(16-28(29,30)17-27)14-23(32)19-5-7-20(8-6-19)26(2,3)33/h5-9,11,13,23,31,33H,10,12,14-17H2,1-4H3. The van der Waals surface area contributed by atoms with Gasteiger partial charge >= 0.3 is 0 Å². The molecule has 1 spiro atoms. The summed E-state index contributed by atoms with van der Waals surface area (Å²) in [6.07, 6.45) is 3.43. The third kappa shape index (κ3) is 4.11. The van der Waals surface area contributed by atoms with Crippen LogP contribution in [0.5, 0.6) is 5.75 Å². The maximum Gasteiger partial charge on any atom is 0.249 e. The number of aryl methyl sites for hydroxylation is 1. The summed E-state index contributed by atoms with van der Waals surface area (Å²) < 4.78 is 33.7. The van der Waals surface area contributed by atoms with Gasteiger partial charge in [0.15, 0.2) is 0 Å². The Bertz CT molecular complexity index is 1190. The van der Waals surface area contributed by atoms with Gasteiger partial charge in [-0.25, -0.2) is 8.78 Å². The van der Waals surface area contributed by atoms with Gasteiger partial charge in [-0.3, -0.25) is 4.90 Å².